The first-order valence-corrected chi connectivity index (χ1v) is 7.12. The molecule has 1 N–H and O–H groups in total. The molecule has 19 heavy (non-hydrogen) atoms. The second kappa shape index (κ2) is 4.78. The van der Waals surface area contributed by atoms with Gasteiger partial charge in [-0.25, -0.2) is 8.42 Å². The van der Waals surface area contributed by atoms with Gasteiger partial charge in [0, 0.05) is 0 Å². The van der Waals surface area contributed by atoms with Gasteiger partial charge < -0.3 is 0 Å². The molecule has 1 aromatic carbocycles. The van der Waals surface area contributed by atoms with Crippen LogP contribution in [0.15, 0.2) is 34.7 Å². The maximum absolute atomic E-state index is 12.7. The molecule has 2 rings (SSSR count). The minimum Gasteiger partial charge on any atom is -0.253 e. The fourth-order valence-electron chi connectivity index (χ4n) is 1.32. The van der Waals surface area contributed by atoms with E-state index >= 15 is 0 Å². The van der Waals surface area contributed by atoms with Gasteiger partial charge in [-0.05, 0) is 12.1 Å². The molecule has 0 aliphatic rings. The maximum Gasteiger partial charge on any atom is 0.417 e. The summed E-state index contributed by atoms with van der Waals surface area (Å²) in [4.78, 5) is -0.849. The van der Waals surface area contributed by atoms with E-state index in [0.717, 1.165) is 23.5 Å². The molecule has 0 bridgehead atoms. The van der Waals surface area contributed by atoms with Gasteiger partial charge in [-0.1, -0.05) is 23.5 Å². The number of nitrogens with one attached hydrogen (secondary N) is 1. The lowest BCUT2D eigenvalue weighted by molar-refractivity contribution is -0.139. The molecule has 0 spiro atoms. The van der Waals surface area contributed by atoms with Crippen LogP contribution >= 0.6 is 11.3 Å². The third kappa shape index (κ3) is 3.01. The Balaban J connectivity index is 2.47. The number of nitrogens with zero attached hydrogens (tertiary/aromatic N) is 2. The molecule has 1 heterocycles. The maximum atomic E-state index is 12.7. The molecular weight excluding hydrogens is 303 g/mol. The lowest BCUT2D eigenvalue weighted by Gasteiger charge is -2.12. The van der Waals surface area contributed by atoms with Crippen molar-refractivity contribution in [3.63, 3.8) is 0 Å². The third-order valence-corrected chi connectivity index (χ3v) is 4.20. The topological polar surface area (TPSA) is 72.0 Å². The van der Waals surface area contributed by atoms with Crippen molar-refractivity contribution < 1.29 is 21.6 Å². The highest BCUT2D eigenvalue weighted by molar-refractivity contribution is 7.93. The van der Waals surface area contributed by atoms with Crippen LogP contribution in [0.5, 0.6) is 0 Å². The van der Waals surface area contributed by atoms with Crippen molar-refractivity contribution in [2.75, 3.05) is 4.72 Å². The number of rotatable bonds is 3. The highest BCUT2D eigenvalue weighted by Crippen LogP contribution is 2.34. The van der Waals surface area contributed by atoms with Gasteiger partial charge in [-0.15, -0.1) is 10.2 Å². The van der Waals surface area contributed by atoms with E-state index < -0.39 is 26.7 Å². The number of benzene rings is 1. The Hall–Kier alpha value is -1.68. The van der Waals surface area contributed by atoms with Crippen molar-refractivity contribution in [3.8, 4) is 0 Å². The van der Waals surface area contributed by atoms with E-state index in [-0.39, 0.29) is 5.13 Å². The molecule has 102 valence electrons. The summed E-state index contributed by atoms with van der Waals surface area (Å²) in [7, 11) is -4.36. The van der Waals surface area contributed by atoms with Crippen LogP contribution in [-0.2, 0) is 16.2 Å². The molecular formula is C9H6F3N3O2S2. The van der Waals surface area contributed by atoms with Gasteiger partial charge in [0.1, 0.15) is 5.51 Å². The summed E-state index contributed by atoms with van der Waals surface area (Å²) in [5.41, 5.74) is 0.0278. The SMILES string of the molecule is O=S(=O)(Nc1nncs1)c1ccccc1C(F)(F)F. The second-order valence-corrected chi connectivity index (χ2v) is 5.83. The van der Waals surface area contributed by atoms with Gasteiger partial charge in [0.25, 0.3) is 10.0 Å². The van der Waals surface area contributed by atoms with E-state index in [1.165, 1.54) is 11.6 Å². The Morgan fingerprint density at radius 2 is 1.89 bits per heavy atom. The van der Waals surface area contributed by atoms with Crippen LogP contribution in [0.3, 0.4) is 0 Å². The zero-order chi connectivity index (χ0) is 14.1. The lowest BCUT2D eigenvalue weighted by atomic mass is 10.2. The van der Waals surface area contributed by atoms with Crippen molar-refractivity contribution in [3.05, 3.63) is 35.3 Å². The van der Waals surface area contributed by atoms with Crippen molar-refractivity contribution in [2.24, 2.45) is 0 Å². The Morgan fingerprint density at radius 3 is 2.47 bits per heavy atom. The van der Waals surface area contributed by atoms with Crippen LogP contribution in [0.4, 0.5) is 18.3 Å². The molecule has 1 aromatic heterocycles. The summed E-state index contributed by atoms with van der Waals surface area (Å²) < 4.78 is 64.0. The average Bonchev–Trinajstić information content (AvgIpc) is 2.80. The zero-order valence-electron chi connectivity index (χ0n) is 9.05. The Kier molecular flexibility index (Phi) is 3.45. The molecule has 0 amide bonds. The highest BCUT2D eigenvalue weighted by atomic mass is 32.2. The fraction of sp³-hybridized carbons (Fsp3) is 0.111. The summed E-state index contributed by atoms with van der Waals surface area (Å²) in [6.45, 7) is 0. The van der Waals surface area contributed by atoms with E-state index in [9.17, 15) is 21.6 Å². The van der Waals surface area contributed by atoms with Crippen LogP contribution < -0.4 is 4.72 Å². The van der Waals surface area contributed by atoms with Gasteiger partial charge in [-0.2, -0.15) is 13.2 Å². The first-order valence-electron chi connectivity index (χ1n) is 4.76. The minimum absolute atomic E-state index is 0.100. The minimum atomic E-state index is -4.76. The molecule has 0 atom stereocenters. The summed E-state index contributed by atoms with van der Waals surface area (Å²) in [5, 5.41) is 6.71. The number of hydrogen-bond acceptors (Lipinski definition) is 5. The zero-order valence-corrected chi connectivity index (χ0v) is 10.7. The predicted molar refractivity (Wildman–Crippen MR) is 62.2 cm³/mol. The Labute approximate surface area is 110 Å². The number of alkyl halides is 3. The molecule has 2 aromatic rings. The standard InChI is InChI=1S/C9H6F3N3O2S2/c10-9(11,12)6-3-1-2-4-7(6)19(16,17)15-8-14-13-5-18-8/h1-5H,(H,14,15). The van der Waals surface area contributed by atoms with Crippen LogP contribution in [-0.4, -0.2) is 18.6 Å². The molecule has 0 radical (unpaired) electrons. The molecule has 10 heteroatoms. The Morgan fingerprint density at radius 1 is 1.21 bits per heavy atom. The highest BCUT2D eigenvalue weighted by Gasteiger charge is 2.37. The van der Waals surface area contributed by atoms with Gasteiger partial charge in [0.2, 0.25) is 5.13 Å². The summed E-state index contributed by atoms with van der Waals surface area (Å²) >= 11 is 0.864. The van der Waals surface area contributed by atoms with E-state index in [1.54, 1.807) is 0 Å². The van der Waals surface area contributed by atoms with Gasteiger partial charge in [0.15, 0.2) is 0 Å². The molecule has 0 saturated carbocycles. The predicted octanol–water partition coefficient (Wildman–Crippen LogP) is 2.36. The van der Waals surface area contributed by atoms with Crippen LogP contribution in [0.25, 0.3) is 0 Å². The monoisotopic (exact) mass is 309 g/mol. The third-order valence-electron chi connectivity index (χ3n) is 2.06. The Bertz CT molecular complexity index is 668. The van der Waals surface area contributed by atoms with Crippen LogP contribution in [0.2, 0.25) is 0 Å². The van der Waals surface area contributed by atoms with E-state index in [1.807, 2.05) is 4.72 Å². The van der Waals surface area contributed by atoms with Crippen molar-refractivity contribution >= 4 is 26.5 Å². The van der Waals surface area contributed by atoms with Crippen molar-refractivity contribution in [1.82, 2.24) is 10.2 Å². The number of halogens is 3. The number of hydrogen-bond donors (Lipinski definition) is 1. The summed E-state index contributed by atoms with van der Waals surface area (Å²) in [5.74, 6) is 0. The van der Waals surface area contributed by atoms with Gasteiger partial charge in [-0.3, -0.25) is 4.72 Å². The normalized spacial score (nSPS) is 12.4. The quantitative estimate of drug-likeness (QED) is 0.944. The van der Waals surface area contributed by atoms with Crippen LogP contribution in [0.1, 0.15) is 5.56 Å². The number of aromatic nitrogens is 2. The molecule has 0 unspecified atom stereocenters. The summed E-state index contributed by atoms with van der Waals surface area (Å²) in [6.07, 6.45) is -4.76. The van der Waals surface area contributed by atoms with E-state index in [4.69, 9.17) is 0 Å². The van der Waals surface area contributed by atoms with Crippen molar-refractivity contribution in [2.45, 2.75) is 11.1 Å². The van der Waals surface area contributed by atoms with Gasteiger partial charge in [0.05, 0.1) is 10.5 Å². The molecule has 0 aliphatic heterocycles. The molecule has 0 fully saturated rings. The number of sulfonamides is 1. The summed E-state index contributed by atoms with van der Waals surface area (Å²) in [6, 6.07) is 3.91. The first kappa shape index (κ1) is 13.7. The van der Waals surface area contributed by atoms with Gasteiger partial charge >= 0.3 is 6.18 Å². The van der Waals surface area contributed by atoms with Crippen LogP contribution in [0, 0.1) is 0 Å². The second-order valence-electron chi connectivity index (χ2n) is 3.34. The lowest BCUT2D eigenvalue weighted by Crippen LogP contribution is -2.18. The largest absolute Gasteiger partial charge is 0.417 e. The fourth-order valence-corrected chi connectivity index (χ4v) is 3.24. The molecule has 5 nitrogen and oxygen atoms in total. The average molecular weight is 309 g/mol. The van der Waals surface area contributed by atoms with E-state index in [2.05, 4.69) is 10.2 Å². The molecule has 0 saturated heterocycles. The molecule has 0 aliphatic carbocycles. The number of anilines is 1. The smallest absolute Gasteiger partial charge is 0.253 e. The first-order chi connectivity index (χ1) is 8.81. The van der Waals surface area contributed by atoms with E-state index in [0.29, 0.717) is 6.07 Å². The van der Waals surface area contributed by atoms with Crippen molar-refractivity contribution in [1.29, 1.82) is 0 Å².